The molecule has 187 valence electrons. The molecule has 2 aromatic carbocycles. The van der Waals surface area contributed by atoms with E-state index in [9.17, 15) is 18.8 Å². The molecule has 8 nitrogen and oxygen atoms in total. The fourth-order valence-electron chi connectivity index (χ4n) is 4.11. The van der Waals surface area contributed by atoms with Gasteiger partial charge in [0, 0.05) is 31.7 Å². The summed E-state index contributed by atoms with van der Waals surface area (Å²) in [5, 5.41) is 3.32. The molecule has 0 spiro atoms. The zero-order valence-electron chi connectivity index (χ0n) is 19.5. The lowest BCUT2D eigenvalue weighted by Gasteiger charge is -2.43. The van der Waals surface area contributed by atoms with Crippen molar-refractivity contribution < 1.29 is 23.5 Å². The molecule has 3 N–H and O–H groups in total. The number of likely N-dealkylation sites (N-methyl/N-ethyl adjacent to an activating group) is 1. The Morgan fingerprint density at radius 1 is 1.14 bits per heavy atom. The Labute approximate surface area is 209 Å². The second-order valence-corrected chi connectivity index (χ2v) is 8.74. The summed E-state index contributed by atoms with van der Waals surface area (Å²) in [4.78, 5) is 40.6. The molecule has 1 aliphatic rings. The van der Waals surface area contributed by atoms with Gasteiger partial charge >= 0.3 is 6.09 Å². The van der Waals surface area contributed by atoms with Crippen molar-refractivity contribution in [1.82, 2.24) is 15.1 Å². The van der Waals surface area contributed by atoms with Gasteiger partial charge in [0.1, 0.15) is 12.4 Å². The molecule has 0 bridgehead atoms. The summed E-state index contributed by atoms with van der Waals surface area (Å²) < 4.78 is 18.2. The van der Waals surface area contributed by atoms with Crippen molar-refractivity contribution >= 4 is 29.5 Å². The highest BCUT2D eigenvalue weighted by atomic mass is 35.5. The van der Waals surface area contributed by atoms with Crippen molar-refractivity contribution in [3.63, 3.8) is 0 Å². The number of primary amides is 1. The fraction of sp³-hybridized carbons (Fsp3) is 0.360. The van der Waals surface area contributed by atoms with Crippen LogP contribution in [-0.2, 0) is 27.2 Å². The highest BCUT2D eigenvalue weighted by Gasteiger charge is 2.36. The van der Waals surface area contributed by atoms with E-state index in [2.05, 4.69) is 5.32 Å². The van der Waals surface area contributed by atoms with Crippen LogP contribution in [0.4, 0.5) is 9.18 Å². The van der Waals surface area contributed by atoms with Crippen LogP contribution in [0.2, 0.25) is 5.02 Å². The molecule has 10 heteroatoms. The smallest absolute Gasteiger partial charge is 0.404 e. The lowest BCUT2D eigenvalue weighted by molar-refractivity contribution is -0.136. The van der Waals surface area contributed by atoms with Crippen LogP contribution in [0.25, 0.3) is 0 Å². The van der Waals surface area contributed by atoms with Crippen LogP contribution in [0.3, 0.4) is 0 Å². The van der Waals surface area contributed by atoms with Gasteiger partial charge in [-0.3, -0.25) is 14.5 Å². The third-order valence-electron chi connectivity index (χ3n) is 5.97. The number of carbonyl (C=O) groups excluding carboxylic acids is 3. The van der Waals surface area contributed by atoms with E-state index < -0.39 is 18.2 Å². The molecule has 0 aliphatic carbocycles. The van der Waals surface area contributed by atoms with Crippen molar-refractivity contribution in [2.75, 3.05) is 33.3 Å². The minimum Gasteiger partial charge on any atom is -0.447 e. The molecule has 1 heterocycles. The van der Waals surface area contributed by atoms with Crippen LogP contribution in [0.5, 0.6) is 0 Å². The Bertz CT molecular complexity index is 1020. The number of benzene rings is 2. The van der Waals surface area contributed by atoms with E-state index in [1.807, 2.05) is 17.0 Å². The van der Waals surface area contributed by atoms with Crippen molar-refractivity contribution in [2.24, 2.45) is 5.73 Å². The van der Waals surface area contributed by atoms with E-state index in [1.54, 1.807) is 36.2 Å². The van der Waals surface area contributed by atoms with Gasteiger partial charge in [-0.1, -0.05) is 35.9 Å². The zero-order chi connectivity index (χ0) is 25.4. The Kier molecular flexibility index (Phi) is 9.45. The largest absolute Gasteiger partial charge is 0.447 e. The fourth-order valence-corrected chi connectivity index (χ4v) is 4.24. The predicted molar refractivity (Wildman–Crippen MR) is 130 cm³/mol. The first-order chi connectivity index (χ1) is 16.8. The van der Waals surface area contributed by atoms with E-state index in [0.717, 1.165) is 11.1 Å². The normalized spacial score (nSPS) is 17.0. The molecule has 0 aromatic heterocycles. The average molecular weight is 504 g/mol. The number of nitrogens with one attached hydrogen (secondary N) is 1. The maximum Gasteiger partial charge on any atom is 0.404 e. The van der Waals surface area contributed by atoms with Crippen molar-refractivity contribution in [1.29, 1.82) is 0 Å². The number of hydrogen-bond donors (Lipinski definition) is 2. The summed E-state index contributed by atoms with van der Waals surface area (Å²) in [5.41, 5.74) is 6.91. The molecule has 3 amide bonds. The number of amides is 3. The number of halogens is 2. The van der Waals surface area contributed by atoms with E-state index >= 15 is 0 Å². The first-order valence-electron chi connectivity index (χ1n) is 11.3. The first kappa shape index (κ1) is 26.4. The minimum atomic E-state index is -0.936. The molecule has 1 radical (unpaired) electrons. The zero-order valence-corrected chi connectivity index (χ0v) is 20.2. The van der Waals surface area contributed by atoms with E-state index in [0.29, 0.717) is 37.5 Å². The summed E-state index contributed by atoms with van der Waals surface area (Å²) in [6.45, 7) is 1.01. The van der Waals surface area contributed by atoms with Gasteiger partial charge in [-0.15, -0.1) is 0 Å². The third-order valence-corrected chi connectivity index (χ3v) is 6.22. The highest BCUT2D eigenvalue weighted by molar-refractivity contribution is 6.30. The van der Waals surface area contributed by atoms with Gasteiger partial charge in [-0.05, 0) is 48.2 Å². The van der Waals surface area contributed by atoms with Crippen LogP contribution < -0.4 is 11.1 Å². The minimum absolute atomic E-state index is 0.0939. The van der Waals surface area contributed by atoms with E-state index in [1.165, 1.54) is 18.6 Å². The Balaban J connectivity index is 1.71. The van der Waals surface area contributed by atoms with E-state index in [-0.39, 0.29) is 24.2 Å². The maximum atomic E-state index is 13.1. The maximum absolute atomic E-state index is 13.1. The number of piperazine rings is 1. The summed E-state index contributed by atoms with van der Waals surface area (Å²) in [6.07, 6.45) is 1.36. The quantitative estimate of drug-likeness (QED) is 0.546. The molecule has 35 heavy (non-hydrogen) atoms. The van der Waals surface area contributed by atoms with E-state index in [4.69, 9.17) is 22.1 Å². The summed E-state index contributed by atoms with van der Waals surface area (Å²) in [7, 11) is 1.58. The van der Waals surface area contributed by atoms with Gasteiger partial charge in [0.2, 0.25) is 11.8 Å². The molecular weight excluding hydrogens is 475 g/mol. The Morgan fingerprint density at radius 2 is 1.80 bits per heavy atom. The van der Waals surface area contributed by atoms with Crippen molar-refractivity contribution in [3.05, 3.63) is 76.9 Å². The summed E-state index contributed by atoms with van der Waals surface area (Å²) in [6, 6.07) is 12.2. The number of carbonyl (C=O) groups is 3. The van der Waals surface area contributed by atoms with Crippen molar-refractivity contribution in [2.45, 2.75) is 24.9 Å². The average Bonchev–Trinajstić information content (AvgIpc) is 2.86. The molecule has 1 saturated heterocycles. The molecule has 2 aromatic rings. The second kappa shape index (κ2) is 12.5. The predicted octanol–water partition coefficient (Wildman–Crippen LogP) is 2.19. The van der Waals surface area contributed by atoms with Gasteiger partial charge in [-0.2, -0.15) is 0 Å². The molecule has 1 fully saturated rings. The summed E-state index contributed by atoms with van der Waals surface area (Å²) >= 11 is 5.99. The second-order valence-electron chi connectivity index (χ2n) is 8.31. The van der Waals surface area contributed by atoms with Crippen LogP contribution in [0.15, 0.2) is 48.5 Å². The SMILES string of the molecule is CNC(=O)C(Cc1ccc(Cl)cc1)N1CCN(C(=O)[CH]Cc2ccc(F)cc2)C(COC(N)=O)C1. The topological polar surface area (TPSA) is 105 Å². The van der Waals surface area contributed by atoms with Crippen LogP contribution in [0.1, 0.15) is 11.1 Å². The number of hydrogen-bond acceptors (Lipinski definition) is 5. The van der Waals surface area contributed by atoms with Gasteiger partial charge < -0.3 is 20.7 Å². The number of rotatable bonds is 9. The van der Waals surface area contributed by atoms with Crippen LogP contribution in [-0.4, -0.2) is 73.1 Å². The van der Waals surface area contributed by atoms with Crippen molar-refractivity contribution in [3.8, 4) is 0 Å². The van der Waals surface area contributed by atoms with Gasteiger partial charge in [-0.25, -0.2) is 9.18 Å². The standard InChI is InChI=1S/C25H29ClFN4O4/c1-29-24(33)22(14-18-2-7-19(26)8-3-18)30-12-13-31(21(15-30)16-35-25(28)34)23(32)11-6-17-4-9-20(27)10-5-17/h2-5,7-11,21-22H,6,12-16H2,1H3,(H2,28,34)(H,29,33). The molecule has 0 saturated carbocycles. The number of ether oxygens (including phenoxy) is 1. The third kappa shape index (κ3) is 7.66. The monoisotopic (exact) mass is 503 g/mol. The number of nitrogens with two attached hydrogens (primary N) is 1. The lowest BCUT2D eigenvalue weighted by atomic mass is 10.0. The molecule has 2 atom stereocenters. The Hall–Kier alpha value is -3.17. The summed E-state index contributed by atoms with van der Waals surface area (Å²) in [5.74, 6) is -0.734. The number of nitrogens with zero attached hydrogens (tertiary/aromatic N) is 2. The van der Waals surface area contributed by atoms with Crippen LogP contribution >= 0.6 is 11.6 Å². The molecule has 2 unspecified atom stereocenters. The first-order valence-corrected chi connectivity index (χ1v) is 11.6. The van der Waals surface area contributed by atoms with Gasteiger partial charge in [0.05, 0.1) is 18.5 Å². The molecular formula is C25H29ClFN4O4. The van der Waals surface area contributed by atoms with Crippen LogP contribution in [0, 0.1) is 12.2 Å². The highest BCUT2D eigenvalue weighted by Crippen LogP contribution is 2.19. The van der Waals surface area contributed by atoms with Gasteiger partial charge in [0.15, 0.2) is 0 Å². The molecule has 1 aliphatic heterocycles. The van der Waals surface area contributed by atoms with Gasteiger partial charge in [0.25, 0.3) is 0 Å². The lowest BCUT2D eigenvalue weighted by Crippen LogP contribution is -2.61. The Morgan fingerprint density at radius 3 is 2.43 bits per heavy atom. The molecule has 3 rings (SSSR count).